The number of hydrogen-bond acceptors (Lipinski definition) is 4. The average molecular weight is 494 g/mol. The van der Waals surface area contributed by atoms with Crippen LogP contribution in [0.5, 0.6) is 0 Å². The van der Waals surface area contributed by atoms with E-state index in [0.29, 0.717) is 19.4 Å². The Bertz CT molecular complexity index is 1450. The number of amides is 1. The largest absolute Gasteiger partial charge is 0.448 e. The summed E-state index contributed by atoms with van der Waals surface area (Å²) < 4.78 is 7.89. The topological polar surface area (TPSA) is 67.6 Å². The van der Waals surface area contributed by atoms with Crippen LogP contribution in [0.4, 0.5) is 4.79 Å². The first-order chi connectivity index (χ1) is 18.0. The molecule has 1 aromatic heterocycles. The van der Waals surface area contributed by atoms with Crippen LogP contribution in [0.2, 0.25) is 0 Å². The van der Waals surface area contributed by atoms with E-state index in [1.807, 2.05) is 35.0 Å². The zero-order valence-electron chi connectivity index (χ0n) is 21.0. The van der Waals surface area contributed by atoms with Crippen molar-refractivity contribution in [1.82, 2.24) is 14.7 Å². The molecule has 0 spiro atoms. The molecule has 2 fully saturated rings. The minimum absolute atomic E-state index is 0.0321. The van der Waals surface area contributed by atoms with Gasteiger partial charge < -0.3 is 14.7 Å². The Hall–Kier alpha value is -3.64. The van der Waals surface area contributed by atoms with Crippen LogP contribution in [0.15, 0.2) is 72.9 Å². The number of carbonyl (C=O) groups excluding carboxylic acids is 1. The van der Waals surface area contributed by atoms with E-state index in [2.05, 4.69) is 59.7 Å². The first-order valence-corrected chi connectivity index (χ1v) is 13.3. The van der Waals surface area contributed by atoms with Crippen molar-refractivity contribution in [2.45, 2.75) is 55.7 Å². The molecule has 1 N–H and O–H groups in total. The molecule has 3 aromatic carbocycles. The van der Waals surface area contributed by atoms with Gasteiger partial charge in [0.25, 0.3) is 0 Å². The predicted octanol–water partition coefficient (Wildman–Crippen LogP) is 5.73. The highest BCUT2D eigenvalue weighted by atomic mass is 16.6. The quantitative estimate of drug-likeness (QED) is 0.396. The Morgan fingerprint density at radius 1 is 1.00 bits per heavy atom. The van der Waals surface area contributed by atoms with Crippen LogP contribution in [0.1, 0.15) is 54.7 Å². The molecule has 0 radical (unpaired) electrons. The molecule has 1 aliphatic carbocycles. The number of ether oxygens (including phenoxy) is 1. The maximum absolute atomic E-state index is 13.5. The third-order valence-corrected chi connectivity index (χ3v) is 8.84. The molecule has 2 aliphatic heterocycles. The van der Waals surface area contributed by atoms with Crippen LogP contribution in [0.25, 0.3) is 22.0 Å². The van der Waals surface area contributed by atoms with Gasteiger partial charge in [-0.05, 0) is 53.1 Å². The van der Waals surface area contributed by atoms with Crippen LogP contribution in [-0.4, -0.2) is 44.6 Å². The highest BCUT2D eigenvalue weighted by Gasteiger charge is 2.49. The first kappa shape index (κ1) is 22.5. The summed E-state index contributed by atoms with van der Waals surface area (Å²) in [6.45, 7) is 0.324. The van der Waals surface area contributed by atoms with Crippen LogP contribution in [0.3, 0.4) is 0 Å². The third kappa shape index (κ3) is 3.57. The second kappa shape index (κ2) is 8.45. The van der Waals surface area contributed by atoms with Crippen molar-refractivity contribution in [3.8, 4) is 11.1 Å². The molecule has 2 unspecified atom stereocenters. The van der Waals surface area contributed by atoms with Crippen LogP contribution < -0.4 is 0 Å². The molecule has 188 valence electrons. The SMILES string of the molecule is Cn1ncc2ccc(C3(O)CC4CCCC(C3)N4C(=O)OCC3c4ccccc4-c4ccccc43)cc21. The number of aromatic nitrogens is 2. The summed E-state index contributed by atoms with van der Waals surface area (Å²) in [4.78, 5) is 15.5. The van der Waals surface area contributed by atoms with Gasteiger partial charge in [0.1, 0.15) is 6.61 Å². The van der Waals surface area contributed by atoms with Gasteiger partial charge in [0.05, 0.1) is 17.3 Å². The Morgan fingerprint density at radius 3 is 2.32 bits per heavy atom. The molecule has 6 nitrogen and oxygen atoms in total. The molecule has 37 heavy (non-hydrogen) atoms. The lowest BCUT2D eigenvalue weighted by Gasteiger charge is -2.51. The molecule has 4 aromatic rings. The van der Waals surface area contributed by atoms with Crippen molar-refractivity contribution in [3.05, 3.63) is 89.6 Å². The van der Waals surface area contributed by atoms with Gasteiger partial charge in [0.15, 0.2) is 0 Å². The summed E-state index contributed by atoms with van der Waals surface area (Å²) >= 11 is 0. The van der Waals surface area contributed by atoms with Crippen molar-refractivity contribution >= 4 is 17.0 Å². The summed E-state index contributed by atoms with van der Waals surface area (Å²) in [5, 5.41) is 17.3. The number of benzene rings is 3. The van der Waals surface area contributed by atoms with Gasteiger partial charge in [0, 0.05) is 43.3 Å². The highest BCUT2D eigenvalue weighted by molar-refractivity contribution is 5.80. The van der Waals surface area contributed by atoms with Gasteiger partial charge >= 0.3 is 6.09 Å². The van der Waals surface area contributed by atoms with E-state index in [1.165, 1.54) is 22.3 Å². The summed E-state index contributed by atoms with van der Waals surface area (Å²) in [5.41, 5.74) is 5.84. The minimum atomic E-state index is -0.964. The number of rotatable bonds is 3. The Kier molecular flexibility index (Phi) is 5.15. The van der Waals surface area contributed by atoms with E-state index < -0.39 is 5.60 Å². The number of piperidine rings is 2. The molecule has 6 heteroatoms. The number of aliphatic hydroxyl groups is 1. The molecular formula is C31H31N3O3. The molecule has 3 heterocycles. The summed E-state index contributed by atoms with van der Waals surface area (Å²) in [6.07, 6.45) is 5.49. The van der Waals surface area contributed by atoms with Crippen LogP contribution >= 0.6 is 0 Å². The van der Waals surface area contributed by atoms with Crippen LogP contribution in [-0.2, 0) is 17.4 Å². The second-order valence-corrected chi connectivity index (χ2v) is 10.9. The van der Waals surface area contributed by atoms with Crippen molar-refractivity contribution in [2.24, 2.45) is 7.05 Å². The van der Waals surface area contributed by atoms with E-state index in [9.17, 15) is 9.90 Å². The van der Waals surface area contributed by atoms with Gasteiger partial charge in [-0.2, -0.15) is 5.10 Å². The summed E-state index contributed by atoms with van der Waals surface area (Å²) in [7, 11) is 1.92. The predicted molar refractivity (Wildman–Crippen MR) is 142 cm³/mol. The lowest BCUT2D eigenvalue weighted by molar-refractivity contribution is -0.0890. The normalized spacial score (nSPS) is 24.6. The molecule has 2 saturated heterocycles. The first-order valence-electron chi connectivity index (χ1n) is 13.3. The lowest BCUT2D eigenvalue weighted by Crippen LogP contribution is -2.59. The molecule has 2 bridgehead atoms. The van der Waals surface area contributed by atoms with E-state index >= 15 is 0 Å². The zero-order valence-corrected chi connectivity index (χ0v) is 21.0. The highest BCUT2D eigenvalue weighted by Crippen LogP contribution is 2.47. The van der Waals surface area contributed by atoms with Gasteiger partial charge in [-0.1, -0.05) is 60.7 Å². The van der Waals surface area contributed by atoms with Gasteiger partial charge in [-0.15, -0.1) is 0 Å². The van der Waals surface area contributed by atoms with Crippen molar-refractivity contribution in [3.63, 3.8) is 0 Å². The molecule has 2 atom stereocenters. The summed E-state index contributed by atoms with van der Waals surface area (Å²) in [6, 6.07) is 22.8. The van der Waals surface area contributed by atoms with Gasteiger partial charge in [-0.25, -0.2) is 4.79 Å². The number of hydrogen-bond donors (Lipinski definition) is 1. The van der Waals surface area contributed by atoms with E-state index in [4.69, 9.17) is 4.74 Å². The van der Waals surface area contributed by atoms with Crippen molar-refractivity contribution in [2.75, 3.05) is 6.61 Å². The van der Waals surface area contributed by atoms with Crippen molar-refractivity contribution < 1.29 is 14.6 Å². The van der Waals surface area contributed by atoms with Gasteiger partial charge in [0.2, 0.25) is 0 Å². The number of carbonyl (C=O) groups is 1. The Morgan fingerprint density at radius 2 is 1.65 bits per heavy atom. The van der Waals surface area contributed by atoms with E-state index in [0.717, 1.165) is 35.7 Å². The van der Waals surface area contributed by atoms with Crippen molar-refractivity contribution in [1.29, 1.82) is 0 Å². The van der Waals surface area contributed by atoms with Gasteiger partial charge in [-0.3, -0.25) is 4.68 Å². The zero-order chi connectivity index (χ0) is 25.1. The monoisotopic (exact) mass is 493 g/mol. The second-order valence-electron chi connectivity index (χ2n) is 10.9. The van der Waals surface area contributed by atoms with E-state index in [1.54, 1.807) is 0 Å². The molecule has 0 saturated carbocycles. The Labute approximate surface area is 216 Å². The fourth-order valence-electron chi connectivity index (χ4n) is 7.07. The fraction of sp³-hybridized carbons (Fsp3) is 0.355. The Balaban J connectivity index is 1.11. The van der Waals surface area contributed by atoms with Crippen LogP contribution in [0, 0.1) is 0 Å². The molecular weight excluding hydrogens is 462 g/mol. The smallest absolute Gasteiger partial charge is 0.410 e. The fourth-order valence-corrected chi connectivity index (χ4v) is 7.07. The average Bonchev–Trinajstić information content (AvgIpc) is 3.44. The number of aryl methyl sites for hydroxylation is 1. The standard InChI is InChI=1S/C31H31N3O3/c1-33-29-15-21(14-13-20(29)18-32-33)31(36)16-22-7-6-8-23(17-31)34(22)30(35)37-19-28-26-11-4-2-9-24(26)25-10-3-5-12-27(25)28/h2-5,9-15,18,22-23,28,36H,6-8,16-17,19H2,1H3. The molecule has 3 aliphatic rings. The maximum Gasteiger partial charge on any atom is 0.410 e. The molecule has 1 amide bonds. The maximum atomic E-state index is 13.5. The number of fused-ring (bicyclic) bond motifs is 6. The number of nitrogens with zero attached hydrogens (tertiary/aromatic N) is 3. The lowest BCUT2D eigenvalue weighted by atomic mass is 9.72. The molecule has 7 rings (SSSR count). The van der Waals surface area contributed by atoms with E-state index in [-0.39, 0.29) is 24.1 Å². The minimum Gasteiger partial charge on any atom is -0.448 e. The third-order valence-electron chi connectivity index (χ3n) is 8.84. The summed E-state index contributed by atoms with van der Waals surface area (Å²) in [5.74, 6) is 0.0449.